The van der Waals surface area contributed by atoms with Gasteiger partial charge in [0.05, 0.1) is 23.3 Å². The summed E-state index contributed by atoms with van der Waals surface area (Å²) in [5, 5.41) is 2.75. The van der Waals surface area contributed by atoms with Gasteiger partial charge in [-0.2, -0.15) is 0 Å². The molecule has 156 valence electrons. The van der Waals surface area contributed by atoms with Crippen LogP contribution in [0.15, 0.2) is 71.6 Å². The zero-order valence-corrected chi connectivity index (χ0v) is 17.5. The highest BCUT2D eigenvalue weighted by Gasteiger charge is 2.26. The van der Waals surface area contributed by atoms with E-state index in [0.29, 0.717) is 11.4 Å². The van der Waals surface area contributed by atoms with Gasteiger partial charge < -0.3 is 10.1 Å². The highest BCUT2D eigenvalue weighted by Crippen LogP contribution is 2.28. The van der Waals surface area contributed by atoms with Crippen molar-refractivity contribution >= 4 is 27.3 Å². The van der Waals surface area contributed by atoms with E-state index in [1.54, 1.807) is 49.6 Å². The number of amides is 1. The number of sulfonamides is 1. The summed E-state index contributed by atoms with van der Waals surface area (Å²) >= 11 is 0. The summed E-state index contributed by atoms with van der Waals surface area (Å²) in [4.78, 5) is 12.8. The van der Waals surface area contributed by atoms with Crippen molar-refractivity contribution in [2.75, 3.05) is 23.8 Å². The predicted octanol–water partition coefficient (Wildman–Crippen LogP) is 4.22. The lowest BCUT2D eigenvalue weighted by molar-refractivity contribution is 0.102. The van der Waals surface area contributed by atoms with Crippen LogP contribution < -0.4 is 14.4 Å². The van der Waals surface area contributed by atoms with Crippen molar-refractivity contribution < 1.29 is 22.3 Å². The highest BCUT2D eigenvalue weighted by molar-refractivity contribution is 7.92. The summed E-state index contributed by atoms with van der Waals surface area (Å²) < 4.78 is 45.8. The molecule has 3 aromatic carbocycles. The Hall–Kier alpha value is -3.39. The Bertz CT molecular complexity index is 1180. The van der Waals surface area contributed by atoms with Gasteiger partial charge in [0.25, 0.3) is 15.9 Å². The molecule has 1 amide bonds. The maximum atomic E-state index is 13.4. The minimum Gasteiger partial charge on any atom is -0.497 e. The van der Waals surface area contributed by atoms with Gasteiger partial charge in [-0.15, -0.1) is 0 Å². The van der Waals surface area contributed by atoms with Gasteiger partial charge in [-0.1, -0.05) is 12.1 Å². The maximum Gasteiger partial charge on any atom is 0.264 e. The third-order valence-electron chi connectivity index (χ3n) is 4.61. The number of carbonyl (C=O) groups excluding carboxylic acids is 1. The second kappa shape index (κ2) is 8.54. The second-order valence-corrected chi connectivity index (χ2v) is 8.52. The molecule has 8 heteroatoms. The van der Waals surface area contributed by atoms with Crippen molar-refractivity contribution in [1.82, 2.24) is 0 Å². The molecule has 6 nitrogen and oxygen atoms in total. The van der Waals surface area contributed by atoms with Gasteiger partial charge >= 0.3 is 0 Å². The molecular formula is C22H21FN2O4S. The molecule has 0 unspecified atom stereocenters. The number of aryl methyl sites for hydroxylation is 1. The summed E-state index contributed by atoms with van der Waals surface area (Å²) in [6, 6.07) is 16.6. The highest BCUT2D eigenvalue weighted by atomic mass is 32.2. The normalized spacial score (nSPS) is 11.1. The first-order valence-corrected chi connectivity index (χ1v) is 10.5. The molecule has 0 spiro atoms. The van der Waals surface area contributed by atoms with E-state index in [-0.39, 0.29) is 21.7 Å². The Labute approximate surface area is 175 Å². The minimum atomic E-state index is -4.01. The Morgan fingerprint density at radius 2 is 1.70 bits per heavy atom. The SMILES string of the molecule is COc1ccc(NC(=O)c2ccccc2N(C)S(=O)(=O)c2ccc(F)cc2C)cc1. The third-order valence-corrected chi connectivity index (χ3v) is 6.54. The summed E-state index contributed by atoms with van der Waals surface area (Å²) in [6.45, 7) is 1.52. The maximum absolute atomic E-state index is 13.4. The van der Waals surface area contributed by atoms with Crippen LogP contribution in [0.3, 0.4) is 0 Å². The van der Waals surface area contributed by atoms with Crippen LogP contribution in [-0.4, -0.2) is 28.5 Å². The molecule has 0 fully saturated rings. The van der Waals surface area contributed by atoms with Crippen molar-refractivity contribution in [1.29, 1.82) is 0 Å². The van der Waals surface area contributed by atoms with Crippen LogP contribution in [0.4, 0.5) is 15.8 Å². The number of hydrogen-bond donors (Lipinski definition) is 1. The van der Waals surface area contributed by atoms with Crippen LogP contribution in [0.25, 0.3) is 0 Å². The Morgan fingerprint density at radius 3 is 2.33 bits per heavy atom. The average molecular weight is 428 g/mol. The van der Waals surface area contributed by atoms with E-state index < -0.39 is 21.7 Å². The number of halogens is 1. The molecule has 0 aromatic heterocycles. The molecule has 0 bridgehead atoms. The molecule has 30 heavy (non-hydrogen) atoms. The first kappa shape index (κ1) is 21.3. The topological polar surface area (TPSA) is 75.7 Å². The molecule has 0 heterocycles. The number of hydrogen-bond acceptors (Lipinski definition) is 4. The number of carbonyl (C=O) groups is 1. The number of anilines is 2. The molecule has 0 saturated carbocycles. The molecule has 0 aliphatic heterocycles. The van der Waals surface area contributed by atoms with E-state index in [9.17, 15) is 17.6 Å². The van der Waals surface area contributed by atoms with Crippen molar-refractivity contribution in [2.24, 2.45) is 0 Å². The smallest absolute Gasteiger partial charge is 0.264 e. The van der Waals surface area contributed by atoms with E-state index in [4.69, 9.17) is 4.74 Å². The van der Waals surface area contributed by atoms with Gasteiger partial charge in [-0.3, -0.25) is 9.10 Å². The van der Waals surface area contributed by atoms with E-state index in [0.717, 1.165) is 16.4 Å². The molecular weight excluding hydrogens is 407 g/mol. The zero-order chi connectivity index (χ0) is 21.9. The van der Waals surface area contributed by atoms with Crippen LogP contribution in [0.2, 0.25) is 0 Å². The van der Waals surface area contributed by atoms with E-state index in [1.165, 1.54) is 26.1 Å². The number of rotatable bonds is 6. The average Bonchev–Trinajstić information content (AvgIpc) is 2.73. The number of ether oxygens (including phenoxy) is 1. The Balaban J connectivity index is 1.94. The van der Waals surface area contributed by atoms with Gasteiger partial charge in [-0.25, -0.2) is 12.8 Å². The van der Waals surface area contributed by atoms with E-state index in [1.807, 2.05) is 0 Å². The largest absolute Gasteiger partial charge is 0.497 e. The first-order chi connectivity index (χ1) is 14.2. The number of nitrogens with zero attached hydrogens (tertiary/aromatic N) is 1. The Morgan fingerprint density at radius 1 is 1.03 bits per heavy atom. The first-order valence-electron chi connectivity index (χ1n) is 9.03. The zero-order valence-electron chi connectivity index (χ0n) is 16.7. The van der Waals surface area contributed by atoms with Crippen molar-refractivity contribution in [3.63, 3.8) is 0 Å². The number of methoxy groups -OCH3 is 1. The second-order valence-electron chi connectivity index (χ2n) is 6.58. The van der Waals surface area contributed by atoms with Crippen LogP contribution in [0.1, 0.15) is 15.9 Å². The van der Waals surface area contributed by atoms with Gasteiger partial charge in [0.2, 0.25) is 0 Å². The predicted molar refractivity (Wildman–Crippen MR) is 114 cm³/mol. The lowest BCUT2D eigenvalue weighted by Crippen LogP contribution is -2.29. The minimum absolute atomic E-state index is 0.0308. The van der Waals surface area contributed by atoms with Crippen LogP contribution >= 0.6 is 0 Å². The molecule has 0 aliphatic rings. The van der Waals surface area contributed by atoms with E-state index in [2.05, 4.69) is 5.32 Å². The van der Waals surface area contributed by atoms with Crippen LogP contribution in [0, 0.1) is 12.7 Å². The summed E-state index contributed by atoms with van der Waals surface area (Å²) in [7, 11) is -1.10. The quantitative estimate of drug-likeness (QED) is 0.638. The fourth-order valence-electron chi connectivity index (χ4n) is 2.99. The van der Waals surface area contributed by atoms with Crippen molar-refractivity contribution in [3.05, 3.63) is 83.7 Å². The molecule has 0 atom stereocenters. The Kier molecular flexibility index (Phi) is 6.07. The lowest BCUT2D eigenvalue weighted by atomic mass is 10.1. The van der Waals surface area contributed by atoms with Crippen LogP contribution in [-0.2, 0) is 10.0 Å². The fourth-order valence-corrected chi connectivity index (χ4v) is 4.41. The van der Waals surface area contributed by atoms with Crippen molar-refractivity contribution in [3.8, 4) is 5.75 Å². The summed E-state index contributed by atoms with van der Waals surface area (Å²) in [5.74, 6) is -0.337. The molecule has 0 aliphatic carbocycles. The summed E-state index contributed by atoms with van der Waals surface area (Å²) in [5.41, 5.74) is 1.20. The fraction of sp³-hybridized carbons (Fsp3) is 0.136. The van der Waals surface area contributed by atoms with E-state index >= 15 is 0 Å². The molecule has 3 aromatic rings. The van der Waals surface area contributed by atoms with Gasteiger partial charge in [0, 0.05) is 12.7 Å². The van der Waals surface area contributed by atoms with Crippen molar-refractivity contribution in [2.45, 2.75) is 11.8 Å². The molecule has 1 N–H and O–H groups in total. The standard InChI is InChI=1S/C22H21FN2O4S/c1-15-14-16(23)8-13-21(15)30(27,28)25(2)20-7-5-4-6-19(20)22(26)24-17-9-11-18(29-3)12-10-17/h4-14H,1-3H3,(H,24,26). The number of nitrogens with one attached hydrogen (secondary N) is 1. The third kappa shape index (κ3) is 4.28. The number of para-hydroxylation sites is 1. The molecule has 0 radical (unpaired) electrons. The van der Waals surface area contributed by atoms with Gasteiger partial charge in [0.15, 0.2) is 0 Å². The monoisotopic (exact) mass is 428 g/mol. The van der Waals surface area contributed by atoms with Gasteiger partial charge in [-0.05, 0) is 67.1 Å². The number of benzene rings is 3. The lowest BCUT2D eigenvalue weighted by Gasteiger charge is -2.23. The molecule has 3 rings (SSSR count). The molecule has 0 saturated heterocycles. The summed E-state index contributed by atoms with van der Waals surface area (Å²) in [6.07, 6.45) is 0. The van der Waals surface area contributed by atoms with Gasteiger partial charge in [0.1, 0.15) is 11.6 Å². The van der Waals surface area contributed by atoms with Crippen LogP contribution in [0.5, 0.6) is 5.75 Å².